The van der Waals surface area contributed by atoms with Crippen LogP contribution in [-0.2, 0) is 6.54 Å². The lowest BCUT2D eigenvalue weighted by Gasteiger charge is -1.99. The zero-order valence-corrected chi connectivity index (χ0v) is 6.68. The summed E-state index contributed by atoms with van der Waals surface area (Å²) in [5, 5.41) is 20.7. The molecule has 0 aliphatic rings. The molecule has 1 heterocycles. The van der Waals surface area contributed by atoms with Crippen molar-refractivity contribution in [1.82, 2.24) is 14.8 Å². The van der Waals surface area contributed by atoms with Crippen molar-refractivity contribution in [3.05, 3.63) is 23.9 Å². The van der Waals surface area contributed by atoms with Gasteiger partial charge in [0.1, 0.15) is 30.4 Å². The van der Waals surface area contributed by atoms with Gasteiger partial charge in [-0.15, -0.1) is 0 Å². The number of aromatic nitrogens is 3. The summed E-state index contributed by atoms with van der Waals surface area (Å²) in [6.45, 7) is 0.205. The van der Waals surface area contributed by atoms with Gasteiger partial charge in [-0.3, -0.25) is 0 Å². The molecule has 13 heavy (non-hydrogen) atoms. The molecule has 0 atom stereocenters. The molecular weight excluding hydrogens is 168 g/mol. The average molecular weight is 174 g/mol. The van der Waals surface area contributed by atoms with Crippen LogP contribution in [0, 0.1) is 22.7 Å². The van der Waals surface area contributed by atoms with Crippen molar-refractivity contribution in [3.8, 4) is 12.1 Å². The zero-order chi connectivity index (χ0) is 9.68. The summed E-state index contributed by atoms with van der Waals surface area (Å²) in [4.78, 5) is 3.69. The van der Waals surface area contributed by atoms with Crippen LogP contribution in [0.1, 0.15) is 0 Å². The minimum atomic E-state index is -0.0875. The summed E-state index contributed by atoms with van der Waals surface area (Å²) in [6, 6.07) is 3.39. The van der Waals surface area contributed by atoms with E-state index in [1.807, 2.05) is 0 Å². The molecule has 0 amide bonds. The number of nitrogens with two attached hydrogens (primary N) is 1. The number of rotatable bonds is 2. The van der Waals surface area contributed by atoms with E-state index < -0.39 is 0 Å². The Bertz CT molecular complexity index is 372. The third-order valence-corrected chi connectivity index (χ3v) is 1.34. The molecule has 64 valence electrons. The van der Waals surface area contributed by atoms with Crippen LogP contribution in [0.25, 0.3) is 0 Å². The topological polar surface area (TPSA) is 104 Å². The number of hydrogen-bond donors (Lipinski definition) is 1. The van der Waals surface area contributed by atoms with Gasteiger partial charge in [0.2, 0.25) is 0 Å². The molecule has 0 saturated heterocycles. The molecule has 2 N–H and O–H groups in total. The molecule has 0 spiro atoms. The predicted octanol–water partition coefficient (Wildman–Crippen LogP) is -0.462. The Morgan fingerprint density at radius 3 is 2.62 bits per heavy atom. The van der Waals surface area contributed by atoms with Crippen molar-refractivity contribution in [2.75, 3.05) is 0 Å². The zero-order valence-electron chi connectivity index (χ0n) is 6.68. The molecule has 0 bridgehead atoms. The SMILES string of the molecule is N#CC(C#N)=C(N)Cn1cncn1. The normalized spacial score (nSPS) is 8.46. The third-order valence-electron chi connectivity index (χ3n) is 1.34. The van der Waals surface area contributed by atoms with Gasteiger partial charge in [0.05, 0.1) is 12.2 Å². The Balaban J connectivity index is 2.83. The first-order valence-corrected chi connectivity index (χ1v) is 3.39. The van der Waals surface area contributed by atoms with Crippen molar-refractivity contribution in [2.45, 2.75) is 6.54 Å². The smallest absolute Gasteiger partial charge is 0.150 e. The van der Waals surface area contributed by atoms with Gasteiger partial charge >= 0.3 is 0 Å². The van der Waals surface area contributed by atoms with E-state index in [1.165, 1.54) is 17.3 Å². The monoisotopic (exact) mass is 174 g/mol. The van der Waals surface area contributed by atoms with Gasteiger partial charge in [-0.25, -0.2) is 9.67 Å². The Hall–Kier alpha value is -2.34. The Morgan fingerprint density at radius 1 is 1.46 bits per heavy atom. The maximum absolute atomic E-state index is 8.47. The van der Waals surface area contributed by atoms with E-state index in [-0.39, 0.29) is 17.8 Å². The van der Waals surface area contributed by atoms with Crippen LogP contribution in [-0.4, -0.2) is 14.8 Å². The van der Waals surface area contributed by atoms with Gasteiger partial charge in [-0.05, 0) is 0 Å². The number of allylic oxidation sites excluding steroid dienone is 2. The van der Waals surface area contributed by atoms with Crippen LogP contribution in [0.4, 0.5) is 0 Å². The highest BCUT2D eigenvalue weighted by Crippen LogP contribution is 1.98. The molecule has 0 saturated carbocycles. The average Bonchev–Trinajstić information content (AvgIpc) is 2.59. The Kier molecular flexibility index (Phi) is 2.61. The van der Waals surface area contributed by atoms with E-state index in [0.29, 0.717) is 0 Å². The van der Waals surface area contributed by atoms with Crippen LogP contribution in [0.3, 0.4) is 0 Å². The van der Waals surface area contributed by atoms with Crippen molar-refractivity contribution in [2.24, 2.45) is 5.73 Å². The van der Waals surface area contributed by atoms with Crippen LogP contribution in [0.2, 0.25) is 0 Å². The van der Waals surface area contributed by atoms with E-state index in [4.69, 9.17) is 16.3 Å². The molecule has 0 fully saturated rings. The molecule has 1 aromatic rings. The highest BCUT2D eigenvalue weighted by atomic mass is 15.3. The minimum Gasteiger partial charge on any atom is -0.399 e. The van der Waals surface area contributed by atoms with Gasteiger partial charge in [-0.1, -0.05) is 0 Å². The summed E-state index contributed by atoms with van der Waals surface area (Å²) in [5.74, 6) is 0. The lowest BCUT2D eigenvalue weighted by Crippen LogP contribution is -2.10. The van der Waals surface area contributed by atoms with Crippen molar-refractivity contribution < 1.29 is 0 Å². The maximum Gasteiger partial charge on any atom is 0.150 e. The van der Waals surface area contributed by atoms with Gasteiger partial charge < -0.3 is 5.73 Å². The fourth-order valence-electron chi connectivity index (χ4n) is 0.737. The van der Waals surface area contributed by atoms with E-state index in [2.05, 4.69) is 10.1 Å². The lowest BCUT2D eigenvalue weighted by molar-refractivity contribution is 0.669. The summed E-state index contributed by atoms with van der Waals surface area (Å²) < 4.78 is 1.43. The first-order chi connectivity index (χ1) is 6.27. The second kappa shape index (κ2) is 3.88. The molecule has 6 nitrogen and oxygen atoms in total. The van der Waals surface area contributed by atoms with Gasteiger partial charge in [-0.2, -0.15) is 15.6 Å². The summed E-state index contributed by atoms with van der Waals surface area (Å²) in [5.41, 5.74) is 5.58. The molecule has 1 rings (SSSR count). The van der Waals surface area contributed by atoms with Gasteiger partial charge in [0.15, 0.2) is 0 Å². The molecule has 0 radical (unpaired) electrons. The second-order valence-electron chi connectivity index (χ2n) is 2.22. The van der Waals surface area contributed by atoms with Crippen molar-refractivity contribution >= 4 is 0 Å². The van der Waals surface area contributed by atoms with E-state index >= 15 is 0 Å². The van der Waals surface area contributed by atoms with Crippen LogP contribution < -0.4 is 5.73 Å². The quantitative estimate of drug-likeness (QED) is 0.610. The van der Waals surface area contributed by atoms with E-state index in [1.54, 1.807) is 12.1 Å². The molecule has 0 aliphatic heterocycles. The lowest BCUT2D eigenvalue weighted by atomic mass is 10.2. The molecule has 0 aromatic carbocycles. The molecule has 1 aromatic heterocycles. The predicted molar refractivity (Wildman–Crippen MR) is 42.5 cm³/mol. The standard InChI is InChI=1S/C7H6N6/c8-1-6(2-9)7(10)3-13-5-11-4-12-13/h4-5H,3,10H2. The highest BCUT2D eigenvalue weighted by Gasteiger charge is 2.02. The fourth-order valence-corrected chi connectivity index (χ4v) is 0.737. The molecule has 0 unspecified atom stereocenters. The molecule has 6 heteroatoms. The van der Waals surface area contributed by atoms with E-state index in [0.717, 1.165) is 0 Å². The first kappa shape index (κ1) is 8.75. The Labute approximate surface area is 74.5 Å². The largest absolute Gasteiger partial charge is 0.399 e. The number of hydrogen-bond acceptors (Lipinski definition) is 5. The third kappa shape index (κ3) is 2.04. The Morgan fingerprint density at radius 2 is 2.15 bits per heavy atom. The molecule has 0 aliphatic carbocycles. The summed E-state index contributed by atoms with van der Waals surface area (Å²) >= 11 is 0. The van der Waals surface area contributed by atoms with Crippen molar-refractivity contribution in [1.29, 1.82) is 10.5 Å². The van der Waals surface area contributed by atoms with Crippen molar-refractivity contribution in [3.63, 3.8) is 0 Å². The van der Waals surface area contributed by atoms with E-state index in [9.17, 15) is 0 Å². The summed E-state index contributed by atoms with van der Waals surface area (Å²) in [6.07, 6.45) is 2.81. The second-order valence-corrected chi connectivity index (χ2v) is 2.22. The minimum absolute atomic E-state index is 0.0875. The maximum atomic E-state index is 8.47. The van der Waals surface area contributed by atoms with Crippen LogP contribution >= 0.6 is 0 Å². The fraction of sp³-hybridized carbons (Fsp3) is 0.143. The summed E-state index contributed by atoms with van der Waals surface area (Å²) in [7, 11) is 0. The molecular formula is C7H6N6. The van der Waals surface area contributed by atoms with Crippen LogP contribution in [0.15, 0.2) is 23.9 Å². The van der Waals surface area contributed by atoms with Gasteiger partial charge in [0.25, 0.3) is 0 Å². The van der Waals surface area contributed by atoms with Crippen LogP contribution in [0.5, 0.6) is 0 Å². The van der Waals surface area contributed by atoms with Gasteiger partial charge in [0, 0.05) is 0 Å². The number of nitrogens with zero attached hydrogens (tertiary/aromatic N) is 5. The first-order valence-electron chi connectivity index (χ1n) is 3.39. The highest BCUT2D eigenvalue weighted by molar-refractivity contribution is 5.38. The number of nitriles is 2.